The second-order valence-corrected chi connectivity index (χ2v) is 6.07. The van der Waals surface area contributed by atoms with Crippen LogP contribution in [0.1, 0.15) is 37.3 Å². The maximum atomic E-state index is 3.64. The highest BCUT2D eigenvalue weighted by molar-refractivity contribution is 9.11. The van der Waals surface area contributed by atoms with Crippen LogP contribution in [0.5, 0.6) is 0 Å². The molecule has 0 radical (unpaired) electrons. The van der Waals surface area contributed by atoms with Gasteiger partial charge in [0.05, 0.1) is 0 Å². The van der Waals surface area contributed by atoms with Crippen molar-refractivity contribution >= 4 is 31.9 Å². The van der Waals surface area contributed by atoms with E-state index in [9.17, 15) is 0 Å². The Labute approximate surface area is 122 Å². The highest BCUT2D eigenvalue weighted by Gasteiger charge is 2.03. The Bertz CT molecular complexity index is 350. The van der Waals surface area contributed by atoms with Crippen molar-refractivity contribution in [2.75, 3.05) is 13.1 Å². The van der Waals surface area contributed by atoms with Crippen molar-refractivity contribution in [2.24, 2.45) is 0 Å². The fourth-order valence-electron chi connectivity index (χ4n) is 1.80. The van der Waals surface area contributed by atoms with Crippen LogP contribution in [0, 0.1) is 6.92 Å². The van der Waals surface area contributed by atoms with Gasteiger partial charge in [0.2, 0.25) is 0 Å². The summed E-state index contributed by atoms with van der Waals surface area (Å²) in [7, 11) is 0. The van der Waals surface area contributed by atoms with E-state index >= 15 is 0 Å². The van der Waals surface area contributed by atoms with Gasteiger partial charge in [-0.25, -0.2) is 0 Å². The van der Waals surface area contributed by atoms with E-state index in [1.807, 2.05) is 0 Å². The van der Waals surface area contributed by atoms with Crippen molar-refractivity contribution < 1.29 is 0 Å². The number of benzene rings is 1. The predicted molar refractivity (Wildman–Crippen MR) is 82.7 cm³/mol. The average Bonchev–Trinajstić information content (AvgIpc) is 2.30. The lowest BCUT2D eigenvalue weighted by atomic mass is 10.1. The summed E-state index contributed by atoms with van der Waals surface area (Å²) >= 11 is 7.23. The molecule has 1 aromatic carbocycles. The lowest BCUT2D eigenvalue weighted by Crippen LogP contribution is -2.13. The van der Waals surface area contributed by atoms with Crippen molar-refractivity contribution in [3.8, 4) is 0 Å². The number of hydrogen-bond acceptors (Lipinski definition) is 1. The minimum Gasteiger partial charge on any atom is -0.317 e. The van der Waals surface area contributed by atoms with Gasteiger partial charge in [-0.15, -0.1) is 0 Å². The first-order chi connectivity index (χ1) is 8.15. The summed E-state index contributed by atoms with van der Waals surface area (Å²) in [6.45, 7) is 6.50. The molecule has 1 nitrogen and oxygen atoms in total. The lowest BCUT2D eigenvalue weighted by Gasteiger charge is -2.08. The van der Waals surface area contributed by atoms with Crippen LogP contribution in [-0.4, -0.2) is 13.1 Å². The van der Waals surface area contributed by atoms with E-state index in [1.54, 1.807) is 0 Å². The molecule has 0 heterocycles. The second kappa shape index (κ2) is 8.28. The van der Waals surface area contributed by atoms with Gasteiger partial charge in [0.15, 0.2) is 0 Å². The molecule has 0 aliphatic carbocycles. The Morgan fingerprint density at radius 2 is 1.82 bits per heavy atom. The van der Waals surface area contributed by atoms with Gasteiger partial charge in [0, 0.05) is 8.95 Å². The third-order valence-corrected chi connectivity index (χ3v) is 4.47. The van der Waals surface area contributed by atoms with Crippen molar-refractivity contribution in [3.63, 3.8) is 0 Å². The molecule has 3 heteroatoms. The first-order valence-corrected chi connectivity index (χ1v) is 7.89. The minimum absolute atomic E-state index is 1.08. The first-order valence-electron chi connectivity index (χ1n) is 6.30. The van der Waals surface area contributed by atoms with Crippen LogP contribution < -0.4 is 5.32 Å². The summed E-state index contributed by atoms with van der Waals surface area (Å²) in [5.74, 6) is 0. The summed E-state index contributed by atoms with van der Waals surface area (Å²) < 4.78 is 2.45. The predicted octanol–water partition coefficient (Wildman–Crippen LogP) is 4.84. The Kier molecular flexibility index (Phi) is 7.40. The monoisotopic (exact) mass is 361 g/mol. The molecule has 1 rings (SSSR count). The maximum absolute atomic E-state index is 3.64. The third kappa shape index (κ3) is 5.54. The molecule has 0 fully saturated rings. The Morgan fingerprint density at radius 1 is 1.06 bits per heavy atom. The van der Waals surface area contributed by atoms with Crippen LogP contribution in [0.4, 0.5) is 0 Å². The number of aryl methyl sites for hydroxylation is 2. The van der Waals surface area contributed by atoms with E-state index in [4.69, 9.17) is 0 Å². The van der Waals surface area contributed by atoms with Crippen LogP contribution in [0.15, 0.2) is 21.1 Å². The van der Waals surface area contributed by atoms with Gasteiger partial charge in [0.1, 0.15) is 0 Å². The van der Waals surface area contributed by atoms with Crippen LogP contribution in [-0.2, 0) is 6.42 Å². The number of unbranched alkanes of at least 4 members (excludes halogenated alkanes) is 2. The van der Waals surface area contributed by atoms with E-state index in [0.717, 1.165) is 19.5 Å². The zero-order chi connectivity index (χ0) is 12.7. The molecule has 0 aliphatic heterocycles. The Morgan fingerprint density at radius 3 is 2.53 bits per heavy atom. The molecular weight excluding hydrogens is 342 g/mol. The van der Waals surface area contributed by atoms with Crippen molar-refractivity contribution in [2.45, 2.75) is 39.5 Å². The van der Waals surface area contributed by atoms with Gasteiger partial charge in [-0.1, -0.05) is 45.2 Å². The molecule has 0 atom stereocenters. The number of halogens is 2. The standard InChI is InChI=1S/C14H21Br2N/c1-3-17-8-6-4-5-7-12-10-13(15)11(2)9-14(12)16/h9-10,17H,3-8H2,1-2H3. The summed E-state index contributed by atoms with van der Waals surface area (Å²) in [4.78, 5) is 0. The van der Waals surface area contributed by atoms with Crippen LogP contribution in [0.25, 0.3) is 0 Å². The molecule has 0 bridgehead atoms. The van der Waals surface area contributed by atoms with Gasteiger partial charge >= 0.3 is 0 Å². The van der Waals surface area contributed by atoms with E-state index in [1.165, 1.54) is 39.3 Å². The van der Waals surface area contributed by atoms with Gasteiger partial charge < -0.3 is 5.32 Å². The molecule has 0 spiro atoms. The molecule has 96 valence electrons. The van der Waals surface area contributed by atoms with Crippen molar-refractivity contribution in [1.29, 1.82) is 0 Å². The molecule has 0 saturated carbocycles. The largest absolute Gasteiger partial charge is 0.317 e. The van der Waals surface area contributed by atoms with Crippen LogP contribution in [0.3, 0.4) is 0 Å². The molecule has 0 aliphatic rings. The zero-order valence-corrected chi connectivity index (χ0v) is 13.8. The second-order valence-electron chi connectivity index (χ2n) is 4.36. The molecule has 17 heavy (non-hydrogen) atoms. The molecular formula is C14H21Br2N. The van der Waals surface area contributed by atoms with Crippen LogP contribution in [0.2, 0.25) is 0 Å². The summed E-state index contributed by atoms with van der Waals surface area (Å²) in [6, 6.07) is 4.43. The zero-order valence-electron chi connectivity index (χ0n) is 10.7. The minimum atomic E-state index is 1.08. The number of nitrogens with one attached hydrogen (secondary N) is 1. The van der Waals surface area contributed by atoms with Gasteiger partial charge in [-0.05, 0) is 62.5 Å². The van der Waals surface area contributed by atoms with Gasteiger partial charge in [0.25, 0.3) is 0 Å². The third-order valence-electron chi connectivity index (χ3n) is 2.88. The van der Waals surface area contributed by atoms with E-state index in [-0.39, 0.29) is 0 Å². The molecule has 0 unspecified atom stereocenters. The molecule has 0 amide bonds. The number of rotatable bonds is 7. The van der Waals surface area contributed by atoms with Crippen molar-refractivity contribution in [3.05, 3.63) is 32.2 Å². The highest BCUT2D eigenvalue weighted by Crippen LogP contribution is 2.26. The van der Waals surface area contributed by atoms with E-state index < -0.39 is 0 Å². The molecule has 1 N–H and O–H groups in total. The summed E-state index contributed by atoms with van der Waals surface area (Å²) in [5, 5.41) is 3.36. The smallest absolute Gasteiger partial charge is 0.0210 e. The molecule has 0 aromatic heterocycles. The summed E-state index contributed by atoms with van der Waals surface area (Å²) in [5.41, 5.74) is 2.69. The Balaban J connectivity index is 2.34. The Hall–Kier alpha value is 0.140. The highest BCUT2D eigenvalue weighted by atomic mass is 79.9. The molecule has 1 aromatic rings. The lowest BCUT2D eigenvalue weighted by molar-refractivity contribution is 0.616. The van der Waals surface area contributed by atoms with Gasteiger partial charge in [-0.2, -0.15) is 0 Å². The van der Waals surface area contributed by atoms with Gasteiger partial charge in [-0.3, -0.25) is 0 Å². The first kappa shape index (κ1) is 15.2. The van der Waals surface area contributed by atoms with E-state index in [0.29, 0.717) is 0 Å². The normalized spacial score (nSPS) is 10.8. The van der Waals surface area contributed by atoms with Crippen molar-refractivity contribution in [1.82, 2.24) is 5.32 Å². The molecule has 0 saturated heterocycles. The SMILES string of the molecule is CCNCCCCCc1cc(Br)c(C)cc1Br. The maximum Gasteiger partial charge on any atom is 0.0210 e. The van der Waals surface area contributed by atoms with Crippen LogP contribution >= 0.6 is 31.9 Å². The average molecular weight is 363 g/mol. The fourth-order valence-corrected chi connectivity index (χ4v) is 2.84. The quantitative estimate of drug-likeness (QED) is 0.684. The summed E-state index contributed by atoms with van der Waals surface area (Å²) in [6.07, 6.45) is 4.99. The number of hydrogen-bond donors (Lipinski definition) is 1. The van der Waals surface area contributed by atoms with E-state index in [2.05, 4.69) is 63.2 Å². The topological polar surface area (TPSA) is 12.0 Å². The fraction of sp³-hybridized carbons (Fsp3) is 0.571.